The smallest absolute Gasteiger partial charge is 0.249 e. The average Bonchev–Trinajstić information content (AvgIpc) is 3.58. The van der Waals surface area contributed by atoms with Crippen molar-refractivity contribution in [3.8, 4) is 0 Å². The van der Waals surface area contributed by atoms with Crippen LogP contribution < -0.4 is 10.2 Å². The third-order valence-corrected chi connectivity index (χ3v) is 6.29. The molecule has 0 bridgehead atoms. The zero-order valence-corrected chi connectivity index (χ0v) is 20.7. The van der Waals surface area contributed by atoms with Gasteiger partial charge in [0.05, 0.1) is 18.3 Å². The van der Waals surface area contributed by atoms with E-state index < -0.39 is 6.04 Å². The van der Waals surface area contributed by atoms with Crippen molar-refractivity contribution in [1.82, 2.24) is 20.3 Å². The maximum absolute atomic E-state index is 14.0. The Bertz CT molecular complexity index is 1520. The number of benzene rings is 3. The van der Waals surface area contributed by atoms with Crippen molar-refractivity contribution in [2.75, 3.05) is 4.90 Å². The van der Waals surface area contributed by atoms with Crippen LogP contribution in [0.5, 0.6) is 0 Å². The van der Waals surface area contributed by atoms with Crippen LogP contribution in [0.2, 0.25) is 0 Å². The van der Waals surface area contributed by atoms with Gasteiger partial charge in [0.15, 0.2) is 0 Å². The number of anilines is 1. The molecule has 8 heteroatoms. The van der Waals surface area contributed by atoms with Gasteiger partial charge in [-0.15, -0.1) is 5.10 Å². The number of hydrogen-bond donors (Lipinski definition) is 1. The summed E-state index contributed by atoms with van der Waals surface area (Å²) in [5.74, 6) is 0.0168. The number of aryl methyl sites for hydroxylation is 2. The lowest BCUT2D eigenvalue weighted by molar-refractivity contribution is -0.127. The lowest BCUT2D eigenvalue weighted by Crippen LogP contribution is -2.45. The lowest BCUT2D eigenvalue weighted by atomic mass is 9.98. The summed E-state index contributed by atoms with van der Waals surface area (Å²) >= 11 is 0. The van der Waals surface area contributed by atoms with Gasteiger partial charge in [0.2, 0.25) is 11.8 Å². The Morgan fingerprint density at radius 3 is 2.46 bits per heavy atom. The second-order valence-corrected chi connectivity index (χ2v) is 8.89. The maximum Gasteiger partial charge on any atom is 0.249 e. The number of carbonyl (C=O) groups is 2. The first-order valence-electron chi connectivity index (χ1n) is 12.0. The first kappa shape index (κ1) is 24.0. The van der Waals surface area contributed by atoms with Gasteiger partial charge < -0.3 is 9.73 Å². The highest BCUT2D eigenvalue weighted by Gasteiger charge is 2.34. The van der Waals surface area contributed by atoms with Gasteiger partial charge in [-0.2, -0.15) is 0 Å². The highest BCUT2D eigenvalue weighted by molar-refractivity contribution is 6.01. The number of fused-ring (bicyclic) bond motifs is 1. The van der Waals surface area contributed by atoms with Crippen molar-refractivity contribution in [1.29, 1.82) is 0 Å². The van der Waals surface area contributed by atoms with Gasteiger partial charge in [-0.3, -0.25) is 14.5 Å². The molecule has 186 valence electrons. The summed E-state index contributed by atoms with van der Waals surface area (Å²) in [4.78, 5) is 29.4. The van der Waals surface area contributed by atoms with E-state index in [1.807, 2.05) is 86.6 Å². The van der Waals surface area contributed by atoms with Crippen LogP contribution in [-0.4, -0.2) is 26.8 Å². The number of furan rings is 1. The van der Waals surface area contributed by atoms with Crippen molar-refractivity contribution >= 4 is 28.5 Å². The Labute approximate surface area is 214 Å². The number of amides is 2. The second kappa shape index (κ2) is 10.5. The molecule has 5 aromatic rings. The van der Waals surface area contributed by atoms with Crippen molar-refractivity contribution < 1.29 is 14.0 Å². The Kier molecular flexibility index (Phi) is 6.81. The molecule has 0 aliphatic rings. The van der Waals surface area contributed by atoms with E-state index in [9.17, 15) is 9.59 Å². The molecule has 0 saturated heterocycles. The minimum Gasteiger partial charge on any atom is -0.467 e. The SMILES string of the molecule is Cc1ccc(N(C(=O)Cn2nnc3ccccc32)[C@@H](C(=O)NCc2ccco2)c2ccccc2C)cc1. The quantitative estimate of drug-likeness (QED) is 0.337. The standard InChI is InChI=1S/C29H27N5O3/c1-20-13-15-22(16-14-20)34(27(35)19-33-26-12-6-5-11-25(26)31-32-33)28(24-10-4-3-8-21(24)2)29(36)30-18-23-9-7-17-37-23/h3-17,28H,18-19H2,1-2H3,(H,30,36)/t28-/m1/s1. The minimum atomic E-state index is -0.916. The number of nitrogens with one attached hydrogen (secondary N) is 1. The summed E-state index contributed by atoms with van der Waals surface area (Å²) < 4.78 is 6.96. The molecule has 0 radical (unpaired) electrons. The number of aromatic nitrogens is 3. The maximum atomic E-state index is 14.0. The number of rotatable bonds is 8. The highest BCUT2D eigenvalue weighted by Crippen LogP contribution is 2.31. The second-order valence-electron chi connectivity index (χ2n) is 8.89. The lowest BCUT2D eigenvalue weighted by Gasteiger charge is -2.32. The van der Waals surface area contributed by atoms with Crippen LogP contribution in [-0.2, 0) is 22.7 Å². The molecule has 0 aliphatic carbocycles. The number of nitrogens with zero attached hydrogens (tertiary/aromatic N) is 4. The Hall–Kier alpha value is -4.72. The summed E-state index contributed by atoms with van der Waals surface area (Å²) in [7, 11) is 0. The predicted octanol–water partition coefficient (Wildman–Crippen LogP) is 4.73. The molecule has 5 rings (SSSR count). The van der Waals surface area contributed by atoms with E-state index in [-0.39, 0.29) is 24.9 Å². The Morgan fingerprint density at radius 2 is 1.70 bits per heavy atom. The molecule has 0 fully saturated rings. The van der Waals surface area contributed by atoms with E-state index in [1.54, 1.807) is 28.0 Å². The zero-order valence-electron chi connectivity index (χ0n) is 20.7. The van der Waals surface area contributed by atoms with E-state index in [4.69, 9.17) is 4.42 Å². The zero-order chi connectivity index (χ0) is 25.8. The van der Waals surface area contributed by atoms with Gasteiger partial charge in [-0.1, -0.05) is 59.3 Å². The van der Waals surface area contributed by atoms with Gasteiger partial charge in [0, 0.05) is 5.69 Å². The third kappa shape index (κ3) is 5.13. The molecule has 1 N–H and O–H groups in total. The van der Waals surface area contributed by atoms with Crippen LogP contribution in [0.4, 0.5) is 5.69 Å². The van der Waals surface area contributed by atoms with Gasteiger partial charge in [0.25, 0.3) is 0 Å². The molecule has 0 saturated carbocycles. The fraction of sp³-hybridized carbons (Fsp3) is 0.172. The van der Waals surface area contributed by atoms with Crippen LogP contribution in [0, 0.1) is 13.8 Å². The van der Waals surface area contributed by atoms with Crippen molar-refractivity contribution in [2.45, 2.75) is 33.0 Å². The van der Waals surface area contributed by atoms with Gasteiger partial charge in [0.1, 0.15) is 23.9 Å². The molecule has 0 aliphatic heterocycles. The van der Waals surface area contributed by atoms with Crippen molar-refractivity contribution in [3.63, 3.8) is 0 Å². The van der Waals surface area contributed by atoms with E-state index in [0.717, 1.165) is 22.2 Å². The monoisotopic (exact) mass is 493 g/mol. The average molecular weight is 494 g/mol. The molecular weight excluding hydrogens is 466 g/mol. The summed E-state index contributed by atoms with van der Waals surface area (Å²) in [5.41, 5.74) is 4.74. The summed E-state index contributed by atoms with van der Waals surface area (Å²) in [6.07, 6.45) is 1.56. The normalized spacial score (nSPS) is 11.8. The molecule has 8 nitrogen and oxygen atoms in total. The third-order valence-electron chi connectivity index (χ3n) is 6.29. The van der Waals surface area contributed by atoms with Gasteiger partial charge in [-0.05, 0) is 61.4 Å². The number of para-hydroxylation sites is 1. The summed E-state index contributed by atoms with van der Waals surface area (Å²) in [6.45, 7) is 4.04. The van der Waals surface area contributed by atoms with Crippen molar-refractivity contribution in [2.24, 2.45) is 0 Å². The molecular formula is C29H27N5O3. The van der Waals surface area contributed by atoms with E-state index >= 15 is 0 Å². The van der Waals surface area contributed by atoms with E-state index in [1.165, 1.54) is 0 Å². The molecule has 2 aromatic heterocycles. The molecule has 3 aromatic carbocycles. The predicted molar refractivity (Wildman–Crippen MR) is 141 cm³/mol. The summed E-state index contributed by atoms with van der Waals surface area (Å²) in [6, 6.07) is 25.3. The Morgan fingerprint density at radius 1 is 0.946 bits per heavy atom. The Balaban J connectivity index is 1.57. The van der Waals surface area contributed by atoms with Crippen LogP contribution in [0.3, 0.4) is 0 Å². The fourth-order valence-corrected chi connectivity index (χ4v) is 4.36. The molecule has 0 unspecified atom stereocenters. The van der Waals surface area contributed by atoms with Gasteiger partial charge >= 0.3 is 0 Å². The van der Waals surface area contributed by atoms with Crippen molar-refractivity contribution in [3.05, 3.63) is 114 Å². The molecule has 0 spiro atoms. The number of hydrogen-bond acceptors (Lipinski definition) is 5. The molecule has 37 heavy (non-hydrogen) atoms. The van der Waals surface area contributed by atoms with Crippen LogP contribution in [0.1, 0.15) is 28.5 Å². The van der Waals surface area contributed by atoms with Crippen LogP contribution in [0.25, 0.3) is 11.0 Å². The largest absolute Gasteiger partial charge is 0.467 e. The number of carbonyl (C=O) groups excluding carboxylic acids is 2. The topological polar surface area (TPSA) is 93.3 Å². The summed E-state index contributed by atoms with van der Waals surface area (Å²) in [5, 5.41) is 11.3. The minimum absolute atomic E-state index is 0.0811. The fourth-order valence-electron chi connectivity index (χ4n) is 4.36. The van der Waals surface area contributed by atoms with Gasteiger partial charge in [-0.25, -0.2) is 4.68 Å². The first-order valence-corrected chi connectivity index (χ1v) is 12.0. The highest BCUT2D eigenvalue weighted by atomic mass is 16.3. The molecule has 2 amide bonds. The first-order chi connectivity index (χ1) is 18.0. The van der Waals surface area contributed by atoms with Crippen LogP contribution in [0.15, 0.2) is 95.6 Å². The molecule has 1 atom stereocenters. The van der Waals surface area contributed by atoms with Crippen LogP contribution >= 0.6 is 0 Å². The molecule has 2 heterocycles. The van der Waals surface area contributed by atoms with E-state index in [2.05, 4.69) is 15.6 Å². The van der Waals surface area contributed by atoms with E-state index in [0.29, 0.717) is 17.0 Å².